The minimum absolute atomic E-state index is 0.0680. The van der Waals surface area contributed by atoms with Gasteiger partial charge in [0.1, 0.15) is 0 Å². The third kappa shape index (κ3) is 5.37. The molecule has 0 fully saturated rings. The molecule has 0 aliphatic rings. The molecule has 0 saturated heterocycles. The first-order valence-corrected chi connectivity index (χ1v) is 9.78. The second kappa shape index (κ2) is 9.59. The van der Waals surface area contributed by atoms with E-state index in [1.54, 1.807) is 42.5 Å². The van der Waals surface area contributed by atoms with Gasteiger partial charge >= 0.3 is 5.97 Å². The second-order valence-electron chi connectivity index (χ2n) is 6.59. The van der Waals surface area contributed by atoms with E-state index in [1.807, 2.05) is 36.4 Å². The maximum absolute atomic E-state index is 12.8. The third-order valence-corrected chi connectivity index (χ3v) is 5.36. The number of carboxylic acid groups (broad SMARTS) is 1. The maximum Gasteiger partial charge on any atom is 0.330 e. The van der Waals surface area contributed by atoms with Gasteiger partial charge in [-0.25, -0.2) is 4.79 Å². The van der Waals surface area contributed by atoms with Gasteiger partial charge in [-0.3, -0.25) is 4.79 Å². The quantitative estimate of drug-likeness (QED) is 0.526. The number of carboxylic acids is 1. The van der Waals surface area contributed by atoms with Crippen molar-refractivity contribution in [1.29, 1.82) is 0 Å². The van der Waals surface area contributed by atoms with E-state index in [1.165, 1.54) is 0 Å². The molecule has 3 rings (SSSR count). The van der Waals surface area contributed by atoms with Gasteiger partial charge in [0.15, 0.2) is 6.04 Å². The zero-order valence-electron chi connectivity index (χ0n) is 15.4. The zero-order valence-corrected chi connectivity index (χ0v) is 16.9. The van der Waals surface area contributed by atoms with Crippen molar-refractivity contribution in [2.45, 2.75) is 18.4 Å². The highest BCUT2D eigenvalue weighted by Crippen LogP contribution is 2.32. The van der Waals surface area contributed by atoms with Crippen molar-refractivity contribution in [2.24, 2.45) is 0 Å². The van der Waals surface area contributed by atoms with Gasteiger partial charge in [-0.2, -0.15) is 0 Å². The third-order valence-electron chi connectivity index (χ3n) is 4.62. The highest BCUT2D eigenvalue weighted by molar-refractivity contribution is 6.42. The van der Waals surface area contributed by atoms with E-state index in [2.05, 4.69) is 5.32 Å². The number of carbonyl (C=O) groups is 2. The fourth-order valence-corrected chi connectivity index (χ4v) is 3.49. The molecule has 0 heterocycles. The Balaban J connectivity index is 1.86. The number of hydrogen-bond donors (Lipinski definition) is 2. The lowest BCUT2D eigenvalue weighted by Crippen LogP contribution is -2.34. The molecule has 148 valence electrons. The Hall–Kier alpha value is -2.82. The van der Waals surface area contributed by atoms with E-state index < -0.39 is 12.0 Å². The van der Waals surface area contributed by atoms with Gasteiger partial charge in [0, 0.05) is 12.3 Å². The molecular formula is C23H19Cl2NO3. The van der Waals surface area contributed by atoms with Crippen LogP contribution in [0.15, 0.2) is 78.9 Å². The van der Waals surface area contributed by atoms with E-state index in [-0.39, 0.29) is 18.2 Å². The molecule has 1 amide bonds. The molecular weight excluding hydrogens is 409 g/mol. The Morgan fingerprint density at radius 2 is 1.38 bits per heavy atom. The zero-order chi connectivity index (χ0) is 20.8. The Bertz CT molecular complexity index is 994. The van der Waals surface area contributed by atoms with E-state index in [9.17, 15) is 14.7 Å². The smallest absolute Gasteiger partial charge is 0.330 e. The number of hydrogen-bond acceptors (Lipinski definition) is 2. The van der Waals surface area contributed by atoms with Crippen LogP contribution in [0.25, 0.3) is 0 Å². The van der Waals surface area contributed by atoms with Gasteiger partial charge in [0.05, 0.1) is 10.0 Å². The van der Waals surface area contributed by atoms with Crippen LogP contribution in [0.1, 0.15) is 35.1 Å². The number of rotatable bonds is 7. The Labute approximate surface area is 179 Å². The van der Waals surface area contributed by atoms with E-state index in [4.69, 9.17) is 23.2 Å². The molecule has 29 heavy (non-hydrogen) atoms. The normalized spacial score (nSPS) is 12.8. The van der Waals surface area contributed by atoms with Gasteiger partial charge in [-0.15, -0.1) is 0 Å². The molecule has 3 aromatic carbocycles. The SMILES string of the molecule is O=C(CC(c1ccccc1)c1ccc(Cl)c(Cl)c1)NC(C(=O)O)c1ccccc1. The van der Waals surface area contributed by atoms with Crippen molar-refractivity contribution in [3.05, 3.63) is 106 Å². The predicted molar refractivity (Wildman–Crippen MR) is 114 cm³/mol. The molecule has 0 aliphatic heterocycles. The lowest BCUT2D eigenvalue weighted by Gasteiger charge is -2.20. The summed E-state index contributed by atoms with van der Waals surface area (Å²) in [6, 6.07) is 22.3. The molecule has 0 bridgehead atoms. The van der Waals surface area contributed by atoms with Gasteiger partial charge in [0.25, 0.3) is 0 Å². The van der Waals surface area contributed by atoms with Crippen LogP contribution in [-0.4, -0.2) is 17.0 Å². The Morgan fingerprint density at radius 1 is 0.793 bits per heavy atom. The number of amides is 1. The highest BCUT2D eigenvalue weighted by Gasteiger charge is 2.25. The van der Waals surface area contributed by atoms with Crippen molar-refractivity contribution in [2.75, 3.05) is 0 Å². The summed E-state index contributed by atoms with van der Waals surface area (Å²) in [4.78, 5) is 24.5. The number of benzene rings is 3. The molecule has 0 aromatic heterocycles. The van der Waals surface area contributed by atoms with Crippen LogP contribution in [0, 0.1) is 0 Å². The van der Waals surface area contributed by atoms with Crippen LogP contribution >= 0.6 is 23.2 Å². The summed E-state index contributed by atoms with van der Waals surface area (Å²) < 4.78 is 0. The van der Waals surface area contributed by atoms with Gasteiger partial charge in [-0.1, -0.05) is 89.9 Å². The van der Waals surface area contributed by atoms with Gasteiger partial charge in [0.2, 0.25) is 5.91 Å². The molecule has 2 N–H and O–H groups in total. The minimum atomic E-state index is -1.12. The summed E-state index contributed by atoms with van der Waals surface area (Å²) in [5, 5.41) is 13.0. The molecule has 0 spiro atoms. The molecule has 3 aromatic rings. The predicted octanol–water partition coefficient (Wildman–Crippen LogP) is 5.46. The monoisotopic (exact) mass is 427 g/mol. The summed E-state index contributed by atoms with van der Waals surface area (Å²) in [5.74, 6) is -1.78. The first-order valence-electron chi connectivity index (χ1n) is 9.02. The van der Waals surface area contributed by atoms with E-state index in [0.717, 1.165) is 11.1 Å². The lowest BCUT2D eigenvalue weighted by molar-refractivity contribution is -0.142. The second-order valence-corrected chi connectivity index (χ2v) is 7.40. The summed E-state index contributed by atoms with van der Waals surface area (Å²) in [5.41, 5.74) is 2.26. The van der Waals surface area contributed by atoms with Crippen LogP contribution in [-0.2, 0) is 9.59 Å². The fourth-order valence-electron chi connectivity index (χ4n) is 3.18. The van der Waals surface area contributed by atoms with Crippen molar-refractivity contribution in [1.82, 2.24) is 5.32 Å². The largest absolute Gasteiger partial charge is 0.479 e. The number of nitrogens with one attached hydrogen (secondary N) is 1. The van der Waals surface area contributed by atoms with Crippen molar-refractivity contribution < 1.29 is 14.7 Å². The van der Waals surface area contributed by atoms with Crippen molar-refractivity contribution in [3.63, 3.8) is 0 Å². The van der Waals surface area contributed by atoms with Crippen LogP contribution in [0.3, 0.4) is 0 Å². The summed E-state index contributed by atoms with van der Waals surface area (Å²) in [7, 11) is 0. The first kappa shape index (κ1) is 20.9. The highest BCUT2D eigenvalue weighted by atomic mass is 35.5. The molecule has 2 atom stereocenters. The van der Waals surface area contributed by atoms with Crippen molar-refractivity contribution >= 4 is 35.1 Å². The molecule has 2 unspecified atom stereocenters. The molecule has 0 saturated carbocycles. The Morgan fingerprint density at radius 3 is 1.93 bits per heavy atom. The van der Waals surface area contributed by atoms with Crippen LogP contribution in [0.5, 0.6) is 0 Å². The molecule has 0 aliphatic carbocycles. The average molecular weight is 428 g/mol. The van der Waals surface area contributed by atoms with E-state index in [0.29, 0.717) is 15.6 Å². The molecule has 0 radical (unpaired) electrons. The lowest BCUT2D eigenvalue weighted by atomic mass is 9.88. The standard InChI is InChI=1S/C23H19Cl2NO3/c24-19-12-11-17(13-20(19)25)18(15-7-3-1-4-8-15)14-21(27)26-22(23(28)29)16-9-5-2-6-10-16/h1-13,18,22H,14H2,(H,26,27)(H,28,29). The van der Waals surface area contributed by atoms with Gasteiger partial charge < -0.3 is 10.4 Å². The number of aliphatic carboxylic acids is 1. The van der Waals surface area contributed by atoms with Gasteiger partial charge in [-0.05, 0) is 28.8 Å². The Kier molecular flexibility index (Phi) is 6.91. The van der Waals surface area contributed by atoms with Crippen molar-refractivity contribution in [3.8, 4) is 0 Å². The minimum Gasteiger partial charge on any atom is -0.479 e. The topological polar surface area (TPSA) is 66.4 Å². The number of carbonyl (C=O) groups excluding carboxylic acids is 1. The maximum atomic E-state index is 12.8. The molecule has 6 heteroatoms. The summed E-state index contributed by atoms with van der Waals surface area (Å²) >= 11 is 12.2. The van der Waals surface area contributed by atoms with E-state index >= 15 is 0 Å². The average Bonchev–Trinajstić information content (AvgIpc) is 2.73. The molecule has 4 nitrogen and oxygen atoms in total. The number of halogens is 2. The fraction of sp³-hybridized carbons (Fsp3) is 0.130. The van der Waals surface area contributed by atoms with Crippen LogP contribution in [0.4, 0.5) is 0 Å². The first-order chi connectivity index (χ1) is 14.0. The summed E-state index contributed by atoms with van der Waals surface area (Å²) in [6.45, 7) is 0. The van der Waals surface area contributed by atoms with Crippen LogP contribution < -0.4 is 5.32 Å². The summed E-state index contributed by atoms with van der Waals surface area (Å²) in [6.07, 6.45) is 0.0680. The van der Waals surface area contributed by atoms with Crippen LogP contribution in [0.2, 0.25) is 10.0 Å².